The number of para-hydroxylation sites is 1. The molecule has 0 aliphatic carbocycles. The molecule has 5 nitrogen and oxygen atoms in total. The van der Waals surface area contributed by atoms with Crippen molar-refractivity contribution in [3.8, 4) is 22.8 Å². The lowest BCUT2D eigenvalue weighted by molar-refractivity contribution is -0.137. The Bertz CT molecular complexity index is 1310. The molecule has 162 valence electrons. The number of amides is 1. The Morgan fingerprint density at radius 2 is 1.94 bits per heavy atom. The molecule has 0 radical (unpaired) electrons. The lowest BCUT2D eigenvalue weighted by Crippen LogP contribution is -2.04. The van der Waals surface area contributed by atoms with Crippen LogP contribution in [0.4, 0.5) is 18.3 Å². The van der Waals surface area contributed by atoms with Crippen LogP contribution < -0.4 is 10.1 Å². The SMILES string of the molecule is C=Cc1cnc(Oc2cccc3sc(NC(C)=O)nc23)cc1-c1ccc(C(F)(F)F)cc1. The van der Waals surface area contributed by atoms with Gasteiger partial charge in [-0.1, -0.05) is 42.2 Å². The number of anilines is 1. The van der Waals surface area contributed by atoms with Crippen LogP contribution in [0.15, 0.2) is 61.3 Å². The van der Waals surface area contributed by atoms with Crippen molar-refractivity contribution in [3.63, 3.8) is 0 Å². The summed E-state index contributed by atoms with van der Waals surface area (Å²) in [5.74, 6) is 0.453. The van der Waals surface area contributed by atoms with Crippen LogP contribution in [0.3, 0.4) is 0 Å². The van der Waals surface area contributed by atoms with Gasteiger partial charge in [0.15, 0.2) is 10.9 Å². The number of aromatic nitrogens is 2. The van der Waals surface area contributed by atoms with Gasteiger partial charge in [-0.3, -0.25) is 4.79 Å². The van der Waals surface area contributed by atoms with E-state index in [4.69, 9.17) is 4.74 Å². The van der Waals surface area contributed by atoms with Gasteiger partial charge in [0.1, 0.15) is 5.52 Å². The number of benzene rings is 2. The van der Waals surface area contributed by atoms with Crippen LogP contribution in [0.5, 0.6) is 11.6 Å². The Kier molecular flexibility index (Phi) is 5.67. The molecule has 2 heterocycles. The molecular weight excluding hydrogens is 439 g/mol. The number of alkyl halides is 3. The molecule has 0 aliphatic rings. The largest absolute Gasteiger partial charge is 0.437 e. The van der Waals surface area contributed by atoms with Crippen LogP contribution in [-0.2, 0) is 11.0 Å². The molecule has 0 saturated heterocycles. The van der Waals surface area contributed by atoms with Crippen molar-refractivity contribution in [2.45, 2.75) is 13.1 Å². The topological polar surface area (TPSA) is 64.1 Å². The van der Waals surface area contributed by atoms with Crippen LogP contribution >= 0.6 is 11.3 Å². The highest BCUT2D eigenvalue weighted by molar-refractivity contribution is 7.22. The van der Waals surface area contributed by atoms with Crippen LogP contribution in [0.2, 0.25) is 0 Å². The Morgan fingerprint density at radius 1 is 1.19 bits per heavy atom. The van der Waals surface area contributed by atoms with Crippen LogP contribution in [0.25, 0.3) is 27.4 Å². The van der Waals surface area contributed by atoms with Gasteiger partial charge in [0.05, 0.1) is 10.3 Å². The normalized spacial score (nSPS) is 11.4. The molecule has 2 aromatic carbocycles. The molecule has 4 rings (SSSR count). The van der Waals surface area contributed by atoms with E-state index in [9.17, 15) is 18.0 Å². The first-order valence-corrected chi connectivity index (χ1v) is 10.2. The molecule has 32 heavy (non-hydrogen) atoms. The number of hydrogen-bond donors (Lipinski definition) is 1. The summed E-state index contributed by atoms with van der Waals surface area (Å²) in [5, 5.41) is 3.10. The van der Waals surface area contributed by atoms with Gasteiger partial charge < -0.3 is 10.1 Å². The smallest absolute Gasteiger partial charge is 0.416 e. The summed E-state index contributed by atoms with van der Waals surface area (Å²) in [4.78, 5) is 20.0. The minimum Gasteiger partial charge on any atom is -0.437 e. The molecule has 9 heteroatoms. The van der Waals surface area contributed by atoms with E-state index in [0.717, 1.165) is 16.8 Å². The molecule has 0 saturated carbocycles. The third-order valence-corrected chi connectivity index (χ3v) is 5.47. The summed E-state index contributed by atoms with van der Waals surface area (Å²) in [6, 6.07) is 11.9. The first-order valence-electron chi connectivity index (χ1n) is 9.39. The van der Waals surface area contributed by atoms with Gasteiger partial charge in [0.25, 0.3) is 0 Å². The van der Waals surface area contributed by atoms with Gasteiger partial charge in [0, 0.05) is 24.8 Å². The molecule has 0 unspecified atom stereocenters. The molecule has 1 amide bonds. The molecular formula is C23H16F3N3O2S. The fourth-order valence-electron chi connectivity index (χ4n) is 3.08. The minimum absolute atomic E-state index is 0.227. The summed E-state index contributed by atoms with van der Waals surface area (Å²) < 4.78 is 45.5. The average Bonchev–Trinajstić information content (AvgIpc) is 3.16. The quantitative estimate of drug-likeness (QED) is 0.361. The predicted octanol–water partition coefficient (Wildman–Crippen LogP) is 6.77. The van der Waals surface area contributed by atoms with E-state index >= 15 is 0 Å². The van der Waals surface area contributed by atoms with Gasteiger partial charge in [-0.05, 0) is 35.4 Å². The second-order valence-electron chi connectivity index (χ2n) is 6.79. The number of nitrogens with zero attached hydrogens (tertiary/aromatic N) is 2. The highest BCUT2D eigenvalue weighted by Crippen LogP contribution is 2.36. The zero-order chi connectivity index (χ0) is 22.9. The lowest BCUT2D eigenvalue weighted by atomic mass is 10.0. The molecule has 0 aliphatic heterocycles. The van der Waals surface area contributed by atoms with E-state index in [1.54, 1.807) is 30.5 Å². The summed E-state index contributed by atoms with van der Waals surface area (Å²) in [6.45, 7) is 5.15. The maximum Gasteiger partial charge on any atom is 0.416 e. The van der Waals surface area contributed by atoms with Crippen molar-refractivity contribution >= 4 is 38.7 Å². The number of rotatable bonds is 5. The van der Waals surface area contributed by atoms with Crippen molar-refractivity contribution in [3.05, 3.63) is 72.4 Å². The summed E-state index contributed by atoms with van der Waals surface area (Å²) >= 11 is 1.31. The van der Waals surface area contributed by atoms with Gasteiger partial charge in [0.2, 0.25) is 11.8 Å². The Hall–Kier alpha value is -3.72. The van der Waals surface area contributed by atoms with E-state index < -0.39 is 11.7 Å². The highest BCUT2D eigenvalue weighted by Gasteiger charge is 2.30. The third-order valence-electron chi connectivity index (χ3n) is 4.53. The highest BCUT2D eigenvalue weighted by atomic mass is 32.1. The maximum atomic E-state index is 12.9. The summed E-state index contributed by atoms with van der Waals surface area (Å²) in [7, 11) is 0. The number of thiazole rings is 1. The summed E-state index contributed by atoms with van der Waals surface area (Å²) in [6.07, 6.45) is -1.29. The number of ether oxygens (including phenoxy) is 1. The van der Waals surface area contributed by atoms with Crippen molar-refractivity contribution in [1.29, 1.82) is 0 Å². The monoisotopic (exact) mass is 455 g/mol. The van der Waals surface area contributed by atoms with E-state index in [0.29, 0.717) is 33.1 Å². The predicted molar refractivity (Wildman–Crippen MR) is 119 cm³/mol. The molecule has 0 atom stereocenters. The zero-order valence-corrected chi connectivity index (χ0v) is 17.6. The third kappa shape index (κ3) is 4.47. The van der Waals surface area contributed by atoms with Crippen LogP contribution in [-0.4, -0.2) is 15.9 Å². The number of fused-ring (bicyclic) bond motifs is 1. The molecule has 0 fully saturated rings. The maximum absolute atomic E-state index is 12.9. The molecule has 0 spiro atoms. The molecule has 0 bridgehead atoms. The molecule has 2 aromatic heterocycles. The number of pyridine rings is 1. The number of hydrogen-bond acceptors (Lipinski definition) is 5. The first-order chi connectivity index (χ1) is 15.2. The van der Waals surface area contributed by atoms with Gasteiger partial charge in [-0.25, -0.2) is 9.97 Å². The van der Waals surface area contributed by atoms with Crippen LogP contribution in [0.1, 0.15) is 18.1 Å². The van der Waals surface area contributed by atoms with Gasteiger partial charge >= 0.3 is 6.18 Å². The number of nitrogens with one attached hydrogen (secondary N) is 1. The Labute approximate surface area is 185 Å². The van der Waals surface area contributed by atoms with E-state index in [1.165, 1.54) is 30.4 Å². The lowest BCUT2D eigenvalue weighted by Gasteiger charge is -2.12. The zero-order valence-electron chi connectivity index (χ0n) is 16.7. The minimum atomic E-state index is -4.41. The Morgan fingerprint density at radius 3 is 2.59 bits per heavy atom. The van der Waals surface area contributed by atoms with Crippen molar-refractivity contribution in [2.75, 3.05) is 5.32 Å². The average molecular weight is 455 g/mol. The fraction of sp³-hybridized carbons (Fsp3) is 0.0870. The van der Waals surface area contributed by atoms with Crippen molar-refractivity contribution < 1.29 is 22.7 Å². The second-order valence-corrected chi connectivity index (χ2v) is 7.82. The van der Waals surface area contributed by atoms with E-state index in [-0.39, 0.29) is 11.8 Å². The fourth-order valence-corrected chi connectivity index (χ4v) is 4.01. The van der Waals surface area contributed by atoms with E-state index in [2.05, 4.69) is 21.9 Å². The van der Waals surface area contributed by atoms with Gasteiger partial charge in [-0.15, -0.1) is 0 Å². The molecule has 1 N–H and O–H groups in total. The second kappa shape index (κ2) is 8.43. The van der Waals surface area contributed by atoms with Crippen LogP contribution in [0, 0.1) is 0 Å². The Balaban J connectivity index is 1.69. The first kappa shape index (κ1) is 21.5. The number of carbonyl (C=O) groups excluding carboxylic acids is 1. The number of carbonyl (C=O) groups is 1. The summed E-state index contributed by atoms with van der Waals surface area (Å²) in [5.41, 5.74) is 1.68. The van der Waals surface area contributed by atoms with Crippen molar-refractivity contribution in [2.24, 2.45) is 0 Å². The van der Waals surface area contributed by atoms with Gasteiger partial charge in [-0.2, -0.15) is 13.2 Å². The number of halogens is 3. The standard InChI is InChI=1S/C23H16F3N3O2S/c1-3-14-12-27-20(11-17(14)15-7-9-16(10-8-15)23(24,25)26)31-18-5-4-6-19-21(18)29-22(32-19)28-13(2)30/h3-12H,1H2,2H3,(H,28,29,30). The van der Waals surface area contributed by atoms with E-state index in [1.807, 2.05) is 6.07 Å². The van der Waals surface area contributed by atoms with Crippen molar-refractivity contribution in [1.82, 2.24) is 9.97 Å². The molecule has 4 aromatic rings.